The number of benzene rings is 2. The molecule has 2 aliphatic rings. The first kappa shape index (κ1) is 16.4. The van der Waals surface area contributed by atoms with Crippen LogP contribution in [0.1, 0.15) is 34.7 Å². The van der Waals surface area contributed by atoms with Crippen molar-refractivity contribution in [2.45, 2.75) is 18.7 Å². The van der Waals surface area contributed by atoms with Crippen molar-refractivity contribution < 1.29 is 4.74 Å². The van der Waals surface area contributed by atoms with Crippen molar-refractivity contribution >= 4 is 44.6 Å². The average Bonchev–Trinajstić information content (AvgIpc) is 3.32. The molecule has 5 rings (SSSR count). The van der Waals surface area contributed by atoms with E-state index in [1.807, 2.05) is 36.4 Å². The summed E-state index contributed by atoms with van der Waals surface area (Å²) in [5.41, 5.74) is 3.33. The number of halogens is 2. The highest BCUT2D eigenvalue weighted by molar-refractivity contribution is 9.10. The number of nitrogens with zero attached hydrogens (tertiary/aromatic N) is 2. The summed E-state index contributed by atoms with van der Waals surface area (Å²) in [6.45, 7) is 0. The highest BCUT2D eigenvalue weighted by atomic mass is 79.9. The Morgan fingerprint density at radius 3 is 2.77 bits per heavy atom. The fourth-order valence-electron chi connectivity index (χ4n) is 3.49. The lowest BCUT2D eigenvalue weighted by atomic mass is 9.96. The van der Waals surface area contributed by atoms with Gasteiger partial charge in [-0.2, -0.15) is 5.10 Å². The lowest BCUT2D eigenvalue weighted by Gasteiger charge is -2.37. The summed E-state index contributed by atoms with van der Waals surface area (Å²) in [5, 5.41) is 9.86. The topological polar surface area (TPSA) is 24.8 Å². The highest BCUT2D eigenvalue weighted by Gasteiger charge is 2.41. The third-order valence-corrected chi connectivity index (χ3v) is 6.36. The van der Waals surface area contributed by atoms with Crippen LogP contribution < -0.4 is 4.74 Å². The van der Waals surface area contributed by atoms with Crippen molar-refractivity contribution in [2.75, 3.05) is 0 Å². The van der Waals surface area contributed by atoms with E-state index in [1.54, 1.807) is 11.3 Å². The van der Waals surface area contributed by atoms with Crippen molar-refractivity contribution in [1.29, 1.82) is 0 Å². The van der Waals surface area contributed by atoms with Gasteiger partial charge in [0.05, 0.1) is 16.6 Å². The molecule has 0 bridgehead atoms. The standard InChI is InChI=1S/C20H14BrClN2OS/c21-13-5-8-18-15(10-13)17-11-16(12-3-6-14(22)7-4-12)23-24(17)20(25-18)19-2-1-9-26-19/h1-10,17,20H,11H2/t17-,20+/m0/s1. The molecule has 0 N–H and O–H groups in total. The van der Waals surface area contributed by atoms with Crippen LogP contribution in [-0.4, -0.2) is 10.7 Å². The lowest BCUT2D eigenvalue weighted by Crippen LogP contribution is -2.33. The molecule has 3 aromatic rings. The molecule has 3 nitrogen and oxygen atoms in total. The van der Waals surface area contributed by atoms with Gasteiger partial charge in [-0.1, -0.05) is 45.7 Å². The molecule has 130 valence electrons. The van der Waals surface area contributed by atoms with Gasteiger partial charge in [0, 0.05) is 21.5 Å². The molecule has 2 aliphatic heterocycles. The van der Waals surface area contributed by atoms with Gasteiger partial charge in [0.1, 0.15) is 5.75 Å². The third-order valence-electron chi connectivity index (χ3n) is 4.72. The molecule has 0 spiro atoms. The fourth-order valence-corrected chi connectivity index (χ4v) is 4.74. The van der Waals surface area contributed by atoms with Crippen LogP contribution in [0.3, 0.4) is 0 Å². The summed E-state index contributed by atoms with van der Waals surface area (Å²) >= 11 is 11.3. The number of fused-ring (bicyclic) bond motifs is 3. The monoisotopic (exact) mass is 444 g/mol. The van der Waals surface area contributed by atoms with Crippen LogP contribution in [-0.2, 0) is 0 Å². The quantitative estimate of drug-likeness (QED) is 0.455. The zero-order valence-electron chi connectivity index (χ0n) is 13.6. The van der Waals surface area contributed by atoms with E-state index in [-0.39, 0.29) is 12.3 Å². The Bertz CT molecular complexity index is 988. The summed E-state index contributed by atoms with van der Waals surface area (Å²) in [7, 11) is 0. The minimum atomic E-state index is -0.196. The van der Waals surface area contributed by atoms with Crippen molar-refractivity contribution in [2.24, 2.45) is 5.10 Å². The molecular formula is C20H14BrClN2OS. The molecule has 3 heterocycles. The second-order valence-electron chi connectivity index (χ2n) is 6.32. The number of hydrogen-bond acceptors (Lipinski definition) is 4. The Morgan fingerprint density at radius 1 is 1.15 bits per heavy atom. The maximum atomic E-state index is 6.34. The van der Waals surface area contributed by atoms with Gasteiger partial charge in [0.15, 0.2) is 0 Å². The van der Waals surface area contributed by atoms with Crippen LogP contribution in [0.2, 0.25) is 5.02 Å². The molecular weight excluding hydrogens is 432 g/mol. The van der Waals surface area contributed by atoms with E-state index in [9.17, 15) is 0 Å². The molecule has 26 heavy (non-hydrogen) atoms. The molecule has 0 saturated heterocycles. The van der Waals surface area contributed by atoms with Crippen LogP contribution in [0.4, 0.5) is 0 Å². The number of ether oxygens (including phenoxy) is 1. The molecule has 0 saturated carbocycles. The maximum Gasteiger partial charge on any atom is 0.222 e. The van der Waals surface area contributed by atoms with E-state index in [2.05, 4.69) is 44.5 Å². The first-order valence-electron chi connectivity index (χ1n) is 8.30. The molecule has 1 aromatic heterocycles. The molecule has 0 amide bonds. The van der Waals surface area contributed by atoms with E-state index >= 15 is 0 Å². The van der Waals surface area contributed by atoms with Gasteiger partial charge in [-0.05, 0) is 47.3 Å². The normalized spacial score (nSPS) is 21.0. The van der Waals surface area contributed by atoms with Gasteiger partial charge in [0.25, 0.3) is 0 Å². The summed E-state index contributed by atoms with van der Waals surface area (Å²) < 4.78 is 7.39. The Morgan fingerprint density at radius 2 is 2.00 bits per heavy atom. The molecule has 0 aliphatic carbocycles. The van der Waals surface area contributed by atoms with Gasteiger partial charge < -0.3 is 4.74 Å². The zero-order chi connectivity index (χ0) is 17.7. The highest BCUT2D eigenvalue weighted by Crippen LogP contribution is 2.48. The Labute approximate surface area is 169 Å². The van der Waals surface area contributed by atoms with E-state index < -0.39 is 0 Å². The van der Waals surface area contributed by atoms with Gasteiger partial charge in [-0.25, -0.2) is 5.01 Å². The number of rotatable bonds is 2. The van der Waals surface area contributed by atoms with E-state index in [0.717, 1.165) is 37.8 Å². The molecule has 2 aromatic carbocycles. The Kier molecular flexibility index (Phi) is 4.03. The molecule has 6 heteroatoms. The van der Waals surface area contributed by atoms with E-state index in [1.165, 1.54) is 5.56 Å². The van der Waals surface area contributed by atoms with Gasteiger partial charge in [-0.3, -0.25) is 0 Å². The summed E-state index contributed by atoms with van der Waals surface area (Å²) in [6.07, 6.45) is 0.648. The minimum absolute atomic E-state index is 0.161. The fraction of sp³-hybridized carbons (Fsp3) is 0.150. The number of thiophene rings is 1. The van der Waals surface area contributed by atoms with E-state index in [0.29, 0.717) is 0 Å². The zero-order valence-corrected chi connectivity index (χ0v) is 16.8. The second kappa shape index (κ2) is 6.41. The molecule has 0 fully saturated rings. The van der Waals surface area contributed by atoms with Crippen LogP contribution in [0.15, 0.2) is 69.6 Å². The smallest absolute Gasteiger partial charge is 0.222 e. The molecule has 0 radical (unpaired) electrons. The molecule has 2 atom stereocenters. The first-order valence-corrected chi connectivity index (χ1v) is 10.4. The minimum Gasteiger partial charge on any atom is -0.464 e. The van der Waals surface area contributed by atoms with Gasteiger partial charge in [0.2, 0.25) is 6.23 Å². The van der Waals surface area contributed by atoms with E-state index in [4.69, 9.17) is 21.4 Å². The SMILES string of the molecule is Clc1ccc(C2=NN3[C@@H](c4cccs4)Oc4ccc(Br)cc4[C@@H]3C2)cc1. The Hall–Kier alpha value is -1.82. The molecule has 0 unspecified atom stereocenters. The van der Waals surface area contributed by atoms with Gasteiger partial charge >= 0.3 is 0 Å². The largest absolute Gasteiger partial charge is 0.464 e. The second-order valence-corrected chi connectivity index (χ2v) is 8.65. The average molecular weight is 446 g/mol. The van der Waals surface area contributed by atoms with Crippen LogP contribution >= 0.6 is 38.9 Å². The van der Waals surface area contributed by atoms with Crippen LogP contribution in [0.25, 0.3) is 0 Å². The summed E-state index contributed by atoms with van der Waals surface area (Å²) in [5.74, 6) is 0.931. The predicted octanol–water partition coefficient (Wildman–Crippen LogP) is 6.41. The summed E-state index contributed by atoms with van der Waals surface area (Å²) in [4.78, 5) is 1.16. The third kappa shape index (κ3) is 2.75. The van der Waals surface area contributed by atoms with Crippen LogP contribution in [0.5, 0.6) is 5.75 Å². The van der Waals surface area contributed by atoms with Crippen molar-refractivity contribution in [3.63, 3.8) is 0 Å². The number of hydrogen-bond donors (Lipinski definition) is 0. The lowest BCUT2D eigenvalue weighted by molar-refractivity contribution is -0.0166. The summed E-state index contributed by atoms with van der Waals surface area (Å²) in [6, 6.07) is 18.4. The Balaban J connectivity index is 1.60. The predicted molar refractivity (Wildman–Crippen MR) is 109 cm³/mol. The van der Waals surface area contributed by atoms with Crippen LogP contribution in [0, 0.1) is 0 Å². The maximum absolute atomic E-state index is 6.34. The van der Waals surface area contributed by atoms with Crippen molar-refractivity contribution in [1.82, 2.24) is 5.01 Å². The van der Waals surface area contributed by atoms with Gasteiger partial charge in [-0.15, -0.1) is 11.3 Å². The van der Waals surface area contributed by atoms with Crippen molar-refractivity contribution in [3.05, 3.63) is 85.5 Å². The van der Waals surface area contributed by atoms with Crippen molar-refractivity contribution in [3.8, 4) is 5.75 Å². The number of hydrazone groups is 1. The first-order chi connectivity index (χ1) is 12.7.